The lowest BCUT2D eigenvalue weighted by Gasteiger charge is -2.01. The zero-order valence-electron chi connectivity index (χ0n) is 8.20. The molecule has 0 aliphatic rings. The Kier molecular flexibility index (Phi) is 2.91. The quantitative estimate of drug-likeness (QED) is 0.869. The van der Waals surface area contributed by atoms with Crippen molar-refractivity contribution < 1.29 is 4.39 Å². The van der Waals surface area contributed by atoms with E-state index in [4.69, 9.17) is 0 Å². The summed E-state index contributed by atoms with van der Waals surface area (Å²) in [5.41, 5.74) is 1.02. The van der Waals surface area contributed by atoms with Gasteiger partial charge in [-0.05, 0) is 24.6 Å². The van der Waals surface area contributed by atoms with Gasteiger partial charge >= 0.3 is 0 Å². The van der Waals surface area contributed by atoms with E-state index in [0.29, 0.717) is 6.54 Å². The lowest BCUT2D eigenvalue weighted by molar-refractivity contribution is 0.627. The highest BCUT2D eigenvalue weighted by Gasteiger charge is 1.99. The van der Waals surface area contributed by atoms with Crippen LogP contribution in [0, 0.1) is 12.7 Å². The summed E-state index contributed by atoms with van der Waals surface area (Å²) in [6, 6.07) is 6.39. The number of nitrogens with one attached hydrogen (secondary N) is 1. The number of benzene rings is 1. The highest BCUT2D eigenvalue weighted by Crippen LogP contribution is 2.12. The Morgan fingerprint density at radius 2 is 2.07 bits per heavy atom. The van der Waals surface area contributed by atoms with Crippen molar-refractivity contribution in [3.8, 4) is 0 Å². The first-order valence-corrected chi connectivity index (χ1v) is 5.30. The second-order valence-corrected chi connectivity index (χ2v) is 3.88. The Morgan fingerprint density at radius 1 is 1.33 bits per heavy atom. The van der Waals surface area contributed by atoms with Gasteiger partial charge in [-0.25, -0.2) is 9.37 Å². The first-order valence-electron chi connectivity index (χ1n) is 4.52. The van der Waals surface area contributed by atoms with Gasteiger partial charge in [-0.3, -0.25) is 0 Å². The summed E-state index contributed by atoms with van der Waals surface area (Å²) < 4.78 is 16.7. The SMILES string of the molecule is Cc1nsc(NCc2ccc(F)cc2)n1. The normalized spacial score (nSPS) is 10.3. The van der Waals surface area contributed by atoms with Crippen molar-refractivity contribution in [3.05, 3.63) is 41.5 Å². The van der Waals surface area contributed by atoms with Crippen molar-refractivity contribution >= 4 is 16.7 Å². The highest BCUT2D eigenvalue weighted by molar-refractivity contribution is 7.09. The van der Waals surface area contributed by atoms with Crippen molar-refractivity contribution in [2.45, 2.75) is 13.5 Å². The van der Waals surface area contributed by atoms with Crippen LogP contribution in [0.1, 0.15) is 11.4 Å². The Morgan fingerprint density at radius 3 is 2.67 bits per heavy atom. The van der Waals surface area contributed by atoms with Crippen LogP contribution in [0.3, 0.4) is 0 Å². The van der Waals surface area contributed by atoms with Gasteiger partial charge < -0.3 is 5.32 Å². The fourth-order valence-electron chi connectivity index (χ4n) is 1.15. The molecule has 5 heteroatoms. The molecule has 0 saturated carbocycles. The van der Waals surface area contributed by atoms with E-state index in [1.54, 1.807) is 12.1 Å². The Labute approximate surface area is 91.2 Å². The predicted molar refractivity (Wildman–Crippen MR) is 58.4 cm³/mol. The van der Waals surface area contributed by atoms with Crippen LogP contribution in [0.2, 0.25) is 0 Å². The van der Waals surface area contributed by atoms with Crippen LogP contribution in [-0.4, -0.2) is 9.36 Å². The van der Waals surface area contributed by atoms with Crippen LogP contribution in [0.4, 0.5) is 9.52 Å². The number of aryl methyl sites for hydroxylation is 1. The molecule has 1 heterocycles. The molecule has 0 aliphatic carbocycles. The minimum atomic E-state index is -0.217. The second kappa shape index (κ2) is 4.35. The third-order valence-corrected chi connectivity index (χ3v) is 2.65. The molecule has 0 fully saturated rings. The third kappa shape index (κ3) is 2.73. The molecule has 0 radical (unpaired) electrons. The molecule has 0 saturated heterocycles. The van der Waals surface area contributed by atoms with Gasteiger partial charge in [0, 0.05) is 18.1 Å². The van der Waals surface area contributed by atoms with Gasteiger partial charge in [0.1, 0.15) is 11.6 Å². The molecule has 2 rings (SSSR count). The molecule has 0 aliphatic heterocycles. The van der Waals surface area contributed by atoms with Crippen LogP contribution >= 0.6 is 11.5 Å². The maximum absolute atomic E-state index is 12.6. The molecule has 0 atom stereocenters. The molecule has 1 N–H and O–H groups in total. The van der Waals surface area contributed by atoms with Gasteiger partial charge in [-0.1, -0.05) is 12.1 Å². The van der Waals surface area contributed by atoms with Gasteiger partial charge in [0.15, 0.2) is 0 Å². The second-order valence-electron chi connectivity index (χ2n) is 3.13. The molecule has 15 heavy (non-hydrogen) atoms. The van der Waals surface area contributed by atoms with Crippen LogP contribution in [-0.2, 0) is 6.54 Å². The molecule has 1 aromatic heterocycles. The summed E-state index contributed by atoms with van der Waals surface area (Å²) in [6.45, 7) is 2.48. The zero-order chi connectivity index (χ0) is 10.7. The lowest BCUT2D eigenvalue weighted by Crippen LogP contribution is -1.98. The molecule has 0 unspecified atom stereocenters. The maximum Gasteiger partial charge on any atom is 0.202 e. The fraction of sp³-hybridized carbons (Fsp3) is 0.200. The fourth-order valence-corrected chi connectivity index (χ4v) is 1.72. The molecule has 3 nitrogen and oxygen atoms in total. The summed E-state index contributed by atoms with van der Waals surface area (Å²) in [6.07, 6.45) is 0. The monoisotopic (exact) mass is 223 g/mol. The molecular weight excluding hydrogens is 213 g/mol. The number of hydrogen-bond acceptors (Lipinski definition) is 4. The third-order valence-electron chi connectivity index (χ3n) is 1.88. The molecule has 0 amide bonds. The number of nitrogens with zero attached hydrogens (tertiary/aromatic N) is 2. The minimum Gasteiger partial charge on any atom is -0.356 e. The average Bonchev–Trinajstić information content (AvgIpc) is 2.64. The van der Waals surface area contributed by atoms with E-state index in [-0.39, 0.29) is 5.82 Å². The van der Waals surface area contributed by atoms with Crippen LogP contribution in [0.15, 0.2) is 24.3 Å². The first-order chi connectivity index (χ1) is 7.24. The largest absolute Gasteiger partial charge is 0.356 e. The Balaban J connectivity index is 1.96. The van der Waals surface area contributed by atoms with Crippen molar-refractivity contribution in [1.82, 2.24) is 9.36 Å². The van der Waals surface area contributed by atoms with E-state index in [1.165, 1.54) is 23.7 Å². The first kappa shape index (κ1) is 10.0. The molecular formula is C10H10FN3S. The number of hydrogen-bond donors (Lipinski definition) is 1. The van der Waals surface area contributed by atoms with Gasteiger partial charge in [-0.2, -0.15) is 4.37 Å². The maximum atomic E-state index is 12.6. The molecule has 2 aromatic rings. The van der Waals surface area contributed by atoms with E-state index >= 15 is 0 Å². The number of anilines is 1. The Hall–Kier alpha value is -1.49. The zero-order valence-corrected chi connectivity index (χ0v) is 9.01. The van der Waals surface area contributed by atoms with E-state index in [2.05, 4.69) is 14.7 Å². The topological polar surface area (TPSA) is 37.8 Å². The van der Waals surface area contributed by atoms with E-state index in [0.717, 1.165) is 16.5 Å². The minimum absolute atomic E-state index is 0.217. The standard InChI is InChI=1S/C10H10FN3S/c1-7-13-10(15-14-7)12-6-8-2-4-9(11)5-3-8/h2-5H,6H2,1H3,(H,12,13,14). The summed E-state index contributed by atoms with van der Waals surface area (Å²) in [5, 5.41) is 3.91. The van der Waals surface area contributed by atoms with Crippen molar-refractivity contribution in [3.63, 3.8) is 0 Å². The van der Waals surface area contributed by atoms with Gasteiger partial charge in [0.2, 0.25) is 5.13 Å². The number of rotatable bonds is 3. The molecule has 0 spiro atoms. The van der Waals surface area contributed by atoms with Gasteiger partial charge in [0.05, 0.1) is 0 Å². The van der Waals surface area contributed by atoms with Crippen LogP contribution in [0.5, 0.6) is 0 Å². The summed E-state index contributed by atoms with van der Waals surface area (Å²) in [5.74, 6) is 0.548. The van der Waals surface area contributed by atoms with Gasteiger partial charge in [-0.15, -0.1) is 0 Å². The average molecular weight is 223 g/mol. The molecule has 78 valence electrons. The van der Waals surface area contributed by atoms with Crippen molar-refractivity contribution in [2.24, 2.45) is 0 Å². The van der Waals surface area contributed by atoms with E-state index < -0.39 is 0 Å². The summed E-state index contributed by atoms with van der Waals surface area (Å²) >= 11 is 1.33. The van der Waals surface area contributed by atoms with Gasteiger partial charge in [0.25, 0.3) is 0 Å². The van der Waals surface area contributed by atoms with E-state index in [9.17, 15) is 4.39 Å². The number of aromatic nitrogens is 2. The smallest absolute Gasteiger partial charge is 0.202 e. The predicted octanol–water partition coefficient (Wildman–Crippen LogP) is 2.60. The molecule has 1 aromatic carbocycles. The lowest BCUT2D eigenvalue weighted by atomic mass is 10.2. The molecule has 0 bridgehead atoms. The highest BCUT2D eigenvalue weighted by atomic mass is 32.1. The summed E-state index contributed by atoms with van der Waals surface area (Å²) in [7, 11) is 0. The van der Waals surface area contributed by atoms with Crippen molar-refractivity contribution in [2.75, 3.05) is 5.32 Å². The van der Waals surface area contributed by atoms with Crippen LogP contribution in [0.25, 0.3) is 0 Å². The van der Waals surface area contributed by atoms with E-state index in [1.807, 2.05) is 6.92 Å². The van der Waals surface area contributed by atoms with Crippen molar-refractivity contribution in [1.29, 1.82) is 0 Å². The van der Waals surface area contributed by atoms with Crippen LogP contribution < -0.4 is 5.32 Å². The Bertz CT molecular complexity index is 438. The number of halogens is 1. The summed E-state index contributed by atoms with van der Waals surface area (Å²) in [4.78, 5) is 4.17.